The Kier molecular flexibility index (Phi) is 4.66. The summed E-state index contributed by atoms with van der Waals surface area (Å²) in [6, 6.07) is 0.753. The largest absolute Gasteiger partial charge is 0.378 e. The highest BCUT2D eigenvalue weighted by Gasteiger charge is 2.32. The van der Waals surface area contributed by atoms with Crippen LogP contribution in [0.4, 0.5) is 0 Å². The lowest BCUT2D eigenvalue weighted by atomic mass is 9.99. The molecule has 0 bridgehead atoms. The van der Waals surface area contributed by atoms with Crippen molar-refractivity contribution in [3.05, 3.63) is 0 Å². The van der Waals surface area contributed by atoms with Crippen LogP contribution in [-0.2, 0) is 4.74 Å². The van der Waals surface area contributed by atoms with Crippen LogP contribution in [0.25, 0.3) is 0 Å². The van der Waals surface area contributed by atoms with Gasteiger partial charge in [-0.2, -0.15) is 0 Å². The summed E-state index contributed by atoms with van der Waals surface area (Å²) in [5.74, 6) is 1.74. The standard InChI is InChI=1S/C14H27NO/c1-11(2)14(12-6-7-12)15-9-8-13-5-3-4-10-16-13/h11-15H,3-10H2,1-2H3. The van der Waals surface area contributed by atoms with Gasteiger partial charge in [0.15, 0.2) is 0 Å². The van der Waals surface area contributed by atoms with Crippen LogP contribution < -0.4 is 5.32 Å². The molecular formula is C14H27NO. The maximum absolute atomic E-state index is 5.76. The van der Waals surface area contributed by atoms with E-state index in [-0.39, 0.29) is 0 Å². The highest BCUT2D eigenvalue weighted by Crippen LogP contribution is 2.35. The molecule has 1 N–H and O–H groups in total. The molecular weight excluding hydrogens is 198 g/mol. The van der Waals surface area contributed by atoms with Crippen molar-refractivity contribution in [1.82, 2.24) is 5.32 Å². The van der Waals surface area contributed by atoms with Crippen molar-refractivity contribution >= 4 is 0 Å². The second-order valence-corrected chi connectivity index (χ2v) is 5.84. The number of rotatable bonds is 6. The molecule has 1 saturated carbocycles. The van der Waals surface area contributed by atoms with Gasteiger partial charge in [-0.3, -0.25) is 0 Å². The van der Waals surface area contributed by atoms with E-state index in [2.05, 4.69) is 19.2 Å². The molecule has 16 heavy (non-hydrogen) atoms. The van der Waals surface area contributed by atoms with Crippen LogP contribution in [0, 0.1) is 11.8 Å². The van der Waals surface area contributed by atoms with Gasteiger partial charge in [0.2, 0.25) is 0 Å². The Labute approximate surface area is 100 Å². The van der Waals surface area contributed by atoms with Crippen LogP contribution in [-0.4, -0.2) is 25.3 Å². The zero-order valence-corrected chi connectivity index (χ0v) is 10.9. The molecule has 0 aromatic rings. The third-order valence-corrected chi connectivity index (χ3v) is 3.97. The predicted molar refractivity (Wildman–Crippen MR) is 67.6 cm³/mol. The van der Waals surface area contributed by atoms with E-state index in [9.17, 15) is 0 Å². The van der Waals surface area contributed by atoms with Crippen LogP contribution in [0.3, 0.4) is 0 Å². The maximum atomic E-state index is 5.76. The first-order valence-corrected chi connectivity index (χ1v) is 7.12. The Balaban J connectivity index is 1.61. The number of hydrogen-bond acceptors (Lipinski definition) is 2. The summed E-state index contributed by atoms with van der Waals surface area (Å²) in [6.45, 7) is 6.81. The second-order valence-electron chi connectivity index (χ2n) is 5.84. The molecule has 2 atom stereocenters. The third kappa shape index (κ3) is 3.74. The molecule has 2 rings (SSSR count). The van der Waals surface area contributed by atoms with E-state index < -0.39 is 0 Å². The summed E-state index contributed by atoms with van der Waals surface area (Å²) in [6.07, 6.45) is 8.52. The van der Waals surface area contributed by atoms with Gasteiger partial charge in [0.05, 0.1) is 6.10 Å². The number of ether oxygens (including phenoxy) is 1. The highest BCUT2D eigenvalue weighted by molar-refractivity contribution is 4.88. The van der Waals surface area contributed by atoms with Crippen LogP contribution >= 0.6 is 0 Å². The first-order valence-electron chi connectivity index (χ1n) is 7.12. The van der Waals surface area contributed by atoms with E-state index in [0.717, 1.165) is 31.0 Å². The van der Waals surface area contributed by atoms with Crippen molar-refractivity contribution in [1.29, 1.82) is 0 Å². The van der Waals surface area contributed by atoms with Crippen molar-refractivity contribution < 1.29 is 4.74 Å². The lowest BCUT2D eigenvalue weighted by Crippen LogP contribution is -2.38. The molecule has 0 amide bonds. The smallest absolute Gasteiger partial charge is 0.0587 e. The molecule has 1 aliphatic heterocycles. The molecule has 2 fully saturated rings. The Hall–Kier alpha value is -0.0800. The zero-order valence-electron chi connectivity index (χ0n) is 10.9. The van der Waals surface area contributed by atoms with Crippen LogP contribution in [0.5, 0.6) is 0 Å². The Morgan fingerprint density at radius 2 is 2.00 bits per heavy atom. The van der Waals surface area contributed by atoms with Gasteiger partial charge < -0.3 is 10.1 Å². The minimum atomic E-state index is 0.535. The van der Waals surface area contributed by atoms with E-state index in [4.69, 9.17) is 4.74 Å². The molecule has 94 valence electrons. The van der Waals surface area contributed by atoms with Gasteiger partial charge in [0, 0.05) is 12.6 Å². The SMILES string of the molecule is CC(C)C(NCCC1CCCCO1)C1CC1. The molecule has 1 heterocycles. The normalized spacial score (nSPS) is 28.3. The minimum Gasteiger partial charge on any atom is -0.378 e. The molecule has 0 aromatic heterocycles. The summed E-state index contributed by atoms with van der Waals surface area (Å²) < 4.78 is 5.76. The fourth-order valence-electron chi connectivity index (χ4n) is 2.85. The summed E-state index contributed by atoms with van der Waals surface area (Å²) in [7, 11) is 0. The Morgan fingerprint density at radius 1 is 1.19 bits per heavy atom. The van der Waals surface area contributed by atoms with Gasteiger partial charge >= 0.3 is 0 Å². The topological polar surface area (TPSA) is 21.3 Å². The first-order chi connectivity index (χ1) is 7.77. The van der Waals surface area contributed by atoms with Gasteiger partial charge in [-0.05, 0) is 56.9 Å². The van der Waals surface area contributed by atoms with Crippen LogP contribution in [0.2, 0.25) is 0 Å². The van der Waals surface area contributed by atoms with Crippen molar-refractivity contribution in [2.75, 3.05) is 13.2 Å². The van der Waals surface area contributed by atoms with E-state index in [1.165, 1.54) is 38.5 Å². The van der Waals surface area contributed by atoms with Gasteiger partial charge in [-0.25, -0.2) is 0 Å². The average Bonchev–Trinajstić information content (AvgIpc) is 3.09. The summed E-state index contributed by atoms with van der Waals surface area (Å²) in [4.78, 5) is 0. The summed E-state index contributed by atoms with van der Waals surface area (Å²) in [5, 5.41) is 3.75. The maximum Gasteiger partial charge on any atom is 0.0587 e. The summed E-state index contributed by atoms with van der Waals surface area (Å²) in [5.41, 5.74) is 0. The van der Waals surface area contributed by atoms with Gasteiger partial charge in [-0.15, -0.1) is 0 Å². The summed E-state index contributed by atoms with van der Waals surface area (Å²) >= 11 is 0. The van der Waals surface area contributed by atoms with Crippen molar-refractivity contribution in [2.24, 2.45) is 11.8 Å². The molecule has 0 aromatic carbocycles. The van der Waals surface area contributed by atoms with Crippen molar-refractivity contribution in [2.45, 2.75) is 64.5 Å². The van der Waals surface area contributed by atoms with E-state index in [0.29, 0.717) is 6.10 Å². The molecule has 2 aliphatic rings. The van der Waals surface area contributed by atoms with E-state index in [1.807, 2.05) is 0 Å². The predicted octanol–water partition coefficient (Wildman–Crippen LogP) is 2.97. The quantitative estimate of drug-likeness (QED) is 0.750. The van der Waals surface area contributed by atoms with Gasteiger partial charge in [-0.1, -0.05) is 13.8 Å². The van der Waals surface area contributed by atoms with Crippen LogP contribution in [0.1, 0.15) is 52.4 Å². The molecule has 0 radical (unpaired) electrons. The van der Waals surface area contributed by atoms with Crippen molar-refractivity contribution in [3.8, 4) is 0 Å². The molecule has 0 spiro atoms. The van der Waals surface area contributed by atoms with Gasteiger partial charge in [0.1, 0.15) is 0 Å². The average molecular weight is 225 g/mol. The zero-order chi connectivity index (χ0) is 11.4. The van der Waals surface area contributed by atoms with Gasteiger partial charge in [0.25, 0.3) is 0 Å². The third-order valence-electron chi connectivity index (χ3n) is 3.97. The Bertz CT molecular complexity index is 193. The monoisotopic (exact) mass is 225 g/mol. The fraction of sp³-hybridized carbons (Fsp3) is 1.00. The van der Waals surface area contributed by atoms with E-state index >= 15 is 0 Å². The molecule has 2 heteroatoms. The first kappa shape index (κ1) is 12.4. The number of nitrogens with one attached hydrogen (secondary N) is 1. The van der Waals surface area contributed by atoms with E-state index in [1.54, 1.807) is 0 Å². The fourth-order valence-corrected chi connectivity index (χ4v) is 2.85. The minimum absolute atomic E-state index is 0.535. The lowest BCUT2D eigenvalue weighted by Gasteiger charge is -2.26. The molecule has 1 saturated heterocycles. The molecule has 1 aliphatic carbocycles. The Morgan fingerprint density at radius 3 is 2.56 bits per heavy atom. The number of hydrogen-bond donors (Lipinski definition) is 1. The van der Waals surface area contributed by atoms with Crippen LogP contribution in [0.15, 0.2) is 0 Å². The molecule has 2 unspecified atom stereocenters. The lowest BCUT2D eigenvalue weighted by molar-refractivity contribution is 0.0108. The highest BCUT2D eigenvalue weighted by atomic mass is 16.5. The van der Waals surface area contributed by atoms with Crippen molar-refractivity contribution in [3.63, 3.8) is 0 Å². The second kappa shape index (κ2) is 6.02. The molecule has 2 nitrogen and oxygen atoms in total.